The molecule has 0 fully saturated rings. The summed E-state index contributed by atoms with van der Waals surface area (Å²) >= 11 is 0. The number of primary sulfonamides is 1. The topological polar surface area (TPSA) is 83.6 Å². The van der Waals surface area contributed by atoms with Crippen molar-refractivity contribution in [2.75, 3.05) is 14.1 Å². The van der Waals surface area contributed by atoms with Crippen LogP contribution in [0.15, 0.2) is 0 Å². The van der Waals surface area contributed by atoms with Crippen LogP contribution in [0.2, 0.25) is 0 Å². The van der Waals surface area contributed by atoms with E-state index in [1.165, 1.54) is 14.1 Å². The van der Waals surface area contributed by atoms with Crippen molar-refractivity contribution in [1.29, 1.82) is 0 Å². The van der Waals surface area contributed by atoms with Crippen LogP contribution in [-0.4, -0.2) is 37.6 Å². The highest BCUT2D eigenvalue weighted by Crippen LogP contribution is 2.10. The lowest BCUT2D eigenvalue weighted by Crippen LogP contribution is -2.51. The van der Waals surface area contributed by atoms with E-state index in [0.717, 1.165) is 11.8 Å². The number of hydrogen-bond acceptors (Lipinski definition) is 4. The molecule has 0 aromatic heterocycles. The van der Waals surface area contributed by atoms with Gasteiger partial charge < -0.3 is 5.11 Å². The molecule has 1 unspecified atom stereocenters. The number of sulfonamides is 1. The zero-order chi connectivity index (χ0) is 8.58. The largest absolute Gasteiger partial charge is 0.362 e. The summed E-state index contributed by atoms with van der Waals surface area (Å²) in [6.07, 6.45) is 0. The Balaban J connectivity index is 4.76. The lowest BCUT2D eigenvalue weighted by Gasteiger charge is -2.27. The normalized spacial score (nSPS) is 19.0. The van der Waals surface area contributed by atoms with E-state index in [0.29, 0.717) is 0 Å². The first kappa shape index (κ1) is 9.83. The van der Waals surface area contributed by atoms with Gasteiger partial charge in [-0.25, -0.2) is 13.6 Å². The molecule has 0 aliphatic heterocycles. The fourth-order valence-corrected chi connectivity index (χ4v) is 0.763. The maximum Gasteiger partial charge on any atom is 0.253 e. The molecule has 1 atom stereocenters. The minimum atomic E-state index is -3.92. The molecule has 0 amide bonds. The molecular formula is C4H12N2O3S. The molecule has 0 aromatic rings. The fraction of sp³-hybridized carbons (Fsp3) is 1.00. The monoisotopic (exact) mass is 168 g/mol. The molecule has 0 aliphatic carbocycles. The van der Waals surface area contributed by atoms with E-state index < -0.39 is 15.1 Å². The Labute approximate surface area is 60.5 Å². The van der Waals surface area contributed by atoms with Gasteiger partial charge in [0.05, 0.1) is 0 Å². The van der Waals surface area contributed by atoms with Gasteiger partial charge in [0.1, 0.15) is 0 Å². The molecule has 10 heavy (non-hydrogen) atoms. The second kappa shape index (κ2) is 2.46. The zero-order valence-corrected chi connectivity index (χ0v) is 7.01. The number of rotatable bonds is 2. The average Bonchev–Trinajstić information content (AvgIpc) is 1.62. The van der Waals surface area contributed by atoms with E-state index in [4.69, 9.17) is 10.2 Å². The summed E-state index contributed by atoms with van der Waals surface area (Å²) in [5.74, 6) is 0. The maximum atomic E-state index is 10.6. The average molecular weight is 168 g/mol. The van der Waals surface area contributed by atoms with Crippen LogP contribution in [0.1, 0.15) is 6.92 Å². The van der Waals surface area contributed by atoms with E-state index in [9.17, 15) is 8.42 Å². The molecule has 62 valence electrons. The molecule has 0 rings (SSSR count). The predicted molar refractivity (Wildman–Crippen MR) is 37.4 cm³/mol. The lowest BCUT2D eigenvalue weighted by atomic mass is 10.6. The van der Waals surface area contributed by atoms with Crippen LogP contribution in [-0.2, 0) is 10.0 Å². The van der Waals surface area contributed by atoms with E-state index in [-0.39, 0.29) is 0 Å². The van der Waals surface area contributed by atoms with Crippen LogP contribution >= 0.6 is 0 Å². The molecule has 0 radical (unpaired) electrons. The predicted octanol–water partition coefficient (Wildman–Crippen LogP) is -1.50. The van der Waals surface area contributed by atoms with Crippen LogP contribution in [0.5, 0.6) is 0 Å². The SMILES string of the molecule is CN(C)C(C)(O)S(N)(=O)=O. The summed E-state index contributed by atoms with van der Waals surface area (Å²) in [7, 11) is -1.08. The van der Waals surface area contributed by atoms with E-state index in [1.54, 1.807) is 0 Å². The second-order valence-corrected chi connectivity index (χ2v) is 4.24. The van der Waals surface area contributed by atoms with Gasteiger partial charge in [0.25, 0.3) is 10.0 Å². The van der Waals surface area contributed by atoms with Gasteiger partial charge in [-0.1, -0.05) is 0 Å². The van der Waals surface area contributed by atoms with E-state index in [1.807, 2.05) is 0 Å². The van der Waals surface area contributed by atoms with Crippen molar-refractivity contribution >= 4 is 10.0 Å². The molecular weight excluding hydrogens is 156 g/mol. The fourth-order valence-electron chi connectivity index (χ4n) is 0.254. The molecule has 6 heteroatoms. The molecule has 0 saturated carbocycles. The first-order valence-corrected chi connectivity index (χ1v) is 4.16. The first-order chi connectivity index (χ1) is 4.19. The number of hydrogen-bond donors (Lipinski definition) is 2. The Morgan fingerprint density at radius 2 is 1.80 bits per heavy atom. The van der Waals surface area contributed by atoms with Crippen molar-refractivity contribution in [1.82, 2.24) is 4.90 Å². The summed E-state index contributed by atoms with van der Waals surface area (Å²) in [5, 5.41) is 11.9. The summed E-state index contributed by atoms with van der Waals surface area (Å²) in [5.41, 5.74) is 0. The Hall–Kier alpha value is -0.170. The Morgan fingerprint density at radius 3 is 1.80 bits per heavy atom. The Bertz CT molecular complexity index is 207. The van der Waals surface area contributed by atoms with Gasteiger partial charge in [-0.2, -0.15) is 0 Å². The van der Waals surface area contributed by atoms with Crippen molar-refractivity contribution in [2.45, 2.75) is 12.0 Å². The number of nitrogens with zero attached hydrogens (tertiary/aromatic N) is 1. The quantitative estimate of drug-likeness (QED) is 0.492. The van der Waals surface area contributed by atoms with Crippen molar-refractivity contribution in [3.05, 3.63) is 0 Å². The van der Waals surface area contributed by atoms with Crippen LogP contribution in [0.4, 0.5) is 0 Å². The van der Waals surface area contributed by atoms with E-state index in [2.05, 4.69) is 0 Å². The van der Waals surface area contributed by atoms with Crippen molar-refractivity contribution in [3.63, 3.8) is 0 Å². The highest BCUT2D eigenvalue weighted by Gasteiger charge is 2.35. The third-order valence-corrected chi connectivity index (χ3v) is 2.81. The third kappa shape index (κ3) is 1.66. The summed E-state index contributed by atoms with van der Waals surface area (Å²) in [6.45, 7) is 1.11. The maximum absolute atomic E-state index is 10.6. The van der Waals surface area contributed by atoms with Gasteiger partial charge in [0, 0.05) is 0 Å². The second-order valence-electron chi connectivity index (χ2n) is 2.37. The summed E-state index contributed by atoms with van der Waals surface area (Å²) in [6, 6.07) is 0. The van der Waals surface area contributed by atoms with E-state index >= 15 is 0 Å². The molecule has 0 bridgehead atoms. The Morgan fingerprint density at radius 1 is 1.50 bits per heavy atom. The lowest BCUT2D eigenvalue weighted by molar-refractivity contribution is 0.0118. The molecule has 0 heterocycles. The van der Waals surface area contributed by atoms with Crippen LogP contribution in [0.3, 0.4) is 0 Å². The van der Waals surface area contributed by atoms with Gasteiger partial charge in [-0.15, -0.1) is 0 Å². The van der Waals surface area contributed by atoms with Crippen LogP contribution < -0.4 is 5.14 Å². The number of nitrogens with two attached hydrogens (primary N) is 1. The molecule has 0 saturated heterocycles. The molecule has 3 N–H and O–H groups in total. The minimum absolute atomic E-state index is 1.11. The molecule has 0 spiro atoms. The standard InChI is InChI=1S/C4H12N2O3S/c1-4(7,6(2)3)10(5,8)9/h7H,1-3H3,(H2,5,8,9). The Kier molecular flexibility index (Phi) is 2.42. The van der Waals surface area contributed by atoms with Gasteiger partial charge in [0.2, 0.25) is 5.06 Å². The minimum Gasteiger partial charge on any atom is -0.362 e. The van der Waals surface area contributed by atoms with Crippen molar-refractivity contribution in [3.8, 4) is 0 Å². The molecule has 0 aliphatic rings. The first-order valence-electron chi connectivity index (χ1n) is 2.61. The highest BCUT2D eigenvalue weighted by molar-refractivity contribution is 7.90. The van der Waals surface area contributed by atoms with Crippen molar-refractivity contribution in [2.24, 2.45) is 5.14 Å². The van der Waals surface area contributed by atoms with Gasteiger partial charge in [-0.3, -0.25) is 4.90 Å². The number of aliphatic hydroxyl groups is 1. The summed E-state index contributed by atoms with van der Waals surface area (Å²) in [4.78, 5) is 1.11. The van der Waals surface area contributed by atoms with Crippen LogP contribution in [0, 0.1) is 0 Å². The highest BCUT2D eigenvalue weighted by atomic mass is 32.2. The summed E-state index contributed by atoms with van der Waals surface area (Å²) < 4.78 is 21.2. The van der Waals surface area contributed by atoms with Crippen LogP contribution in [0.25, 0.3) is 0 Å². The smallest absolute Gasteiger partial charge is 0.253 e. The van der Waals surface area contributed by atoms with Crippen molar-refractivity contribution < 1.29 is 13.5 Å². The zero-order valence-electron chi connectivity index (χ0n) is 6.20. The third-order valence-electron chi connectivity index (χ3n) is 1.37. The van der Waals surface area contributed by atoms with Gasteiger partial charge in [-0.05, 0) is 21.0 Å². The van der Waals surface area contributed by atoms with Gasteiger partial charge in [0.15, 0.2) is 0 Å². The molecule has 0 aromatic carbocycles. The molecule has 5 nitrogen and oxygen atoms in total. The van der Waals surface area contributed by atoms with Gasteiger partial charge >= 0.3 is 0 Å².